The van der Waals surface area contributed by atoms with Gasteiger partial charge in [-0.2, -0.15) is 0 Å². The van der Waals surface area contributed by atoms with Crippen molar-refractivity contribution in [1.29, 1.82) is 0 Å². The van der Waals surface area contributed by atoms with E-state index in [9.17, 15) is 9.90 Å². The standard InChI is InChI=1S/C18H25N5O2/c1-4-19-18(23(3)13-15-6-5-11-22(15)2)20-12-17(25)21-14-7-9-16(24)10-8-14/h5-11,24H,4,12-13H2,1-3H3,(H,19,20)(H,21,25). The predicted octanol–water partition coefficient (Wildman–Crippen LogP) is 1.77. The lowest BCUT2D eigenvalue weighted by Crippen LogP contribution is -2.39. The molecule has 0 saturated carbocycles. The van der Waals surface area contributed by atoms with Crippen molar-refractivity contribution in [3.8, 4) is 5.75 Å². The Morgan fingerprint density at radius 1 is 1.28 bits per heavy atom. The summed E-state index contributed by atoms with van der Waals surface area (Å²) in [4.78, 5) is 18.4. The Morgan fingerprint density at radius 3 is 2.60 bits per heavy atom. The number of hydrogen-bond acceptors (Lipinski definition) is 3. The van der Waals surface area contributed by atoms with E-state index >= 15 is 0 Å². The van der Waals surface area contributed by atoms with Gasteiger partial charge in [0.05, 0.1) is 6.54 Å². The van der Waals surface area contributed by atoms with Gasteiger partial charge in [0.2, 0.25) is 5.91 Å². The van der Waals surface area contributed by atoms with E-state index in [4.69, 9.17) is 0 Å². The zero-order chi connectivity index (χ0) is 18.2. The van der Waals surface area contributed by atoms with E-state index < -0.39 is 0 Å². The third-order valence-corrected chi connectivity index (χ3v) is 3.67. The molecule has 1 aromatic heterocycles. The van der Waals surface area contributed by atoms with Gasteiger partial charge in [-0.15, -0.1) is 0 Å². The molecule has 1 heterocycles. The highest BCUT2D eigenvalue weighted by Crippen LogP contribution is 2.13. The van der Waals surface area contributed by atoms with Crippen LogP contribution in [0.15, 0.2) is 47.6 Å². The third-order valence-electron chi connectivity index (χ3n) is 3.67. The topological polar surface area (TPSA) is 81.9 Å². The summed E-state index contributed by atoms with van der Waals surface area (Å²) in [7, 11) is 3.94. The summed E-state index contributed by atoms with van der Waals surface area (Å²) in [5.41, 5.74) is 1.78. The number of aromatic nitrogens is 1. The van der Waals surface area contributed by atoms with Gasteiger partial charge in [0.15, 0.2) is 5.96 Å². The minimum absolute atomic E-state index is 0.0146. The quantitative estimate of drug-likeness (QED) is 0.424. The number of aliphatic imine (C=N–C) groups is 1. The van der Waals surface area contributed by atoms with Gasteiger partial charge in [-0.1, -0.05) is 0 Å². The molecule has 0 bridgehead atoms. The Labute approximate surface area is 148 Å². The van der Waals surface area contributed by atoms with E-state index in [0.29, 0.717) is 18.2 Å². The molecule has 134 valence electrons. The van der Waals surface area contributed by atoms with Crippen LogP contribution < -0.4 is 10.6 Å². The van der Waals surface area contributed by atoms with E-state index in [1.54, 1.807) is 12.1 Å². The second kappa shape index (κ2) is 8.77. The van der Waals surface area contributed by atoms with Crippen molar-refractivity contribution in [2.75, 3.05) is 25.5 Å². The molecule has 0 fully saturated rings. The second-order valence-electron chi connectivity index (χ2n) is 5.73. The van der Waals surface area contributed by atoms with Crippen LogP contribution in [0, 0.1) is 0 Å². The molecule has 0 aliphatic carbocycles. The minimum atomic E-state index is -0.214. The SMILES string of the molecule is CCNC(=NCC(=O)Nc1ccc(O)cc1)N(C)Cc1cccn1C. The number of nitrogens with one attached hydrogen (secondary N) is 2. The molecule has 25 heavy (non-hydrogen) atoms. The van der Waals surface area contributed by atoms with Crippen molar-refractivity contribution in [1.82, 2.24) is 14.8 Å². The lowest BCUT2D eigenvalue weighted by Gasteiger charge is -2.22. The summed E-state index contributed by atoms with van der Waals surface area (Å²) in [6, 6.07) is 10.4. The summed E-state index contributed by atoms with van der Waals surface area (Å²) in [5.74, 6) is 0.616. The number of benzene rings is 1. The maximum Gasteiger partial charge on any atom is 0.246 e. The summed E-state index contributed by atoms with van der Waals surface area (Å²) < 4.78 is 2.05. The fraction of sp³-hybridized carbons (Fsp3) is 0.333. The van der Waals surface area contributed by atoms with Gasteiger partial charge in [0, 0.05) is 38.2 Å². The predicted molar refractivity (Wildman–Crippen MR) is 99.6 cm³/mol. The number of carbonyl (C=O) groups excluding carboxylic acids is 1. The number of carbonyl (C=O) groups is 1. The van der Waals surface area contributed by atoms with Crippen LogP contribution in [0.3, 0.4) is 0 Å². The fourth-order valence-electron chi connectivity index (χ4n) is 2.34. The lowest BCUT2D eigenvalue weighted by molar-refractivity contribution is -0.114. The van der Waals surface area contributed by atoms with Crippen LogP contribution in [-0.4, -0.2) is 46.6 Å². The first kappa shape index (κ1) is 18.4. The number of rotatable bonds is 6. The van der Waals surface area contributed by atoms with Crippen molar-refractivity contribution in [3.05, 3.63) is 48.3 Å². The van der Waals surface area contributed by atoms with Crippen molar-refractivity contribution in [2.24, 2.45) is 12.0 Å². The molecule has 0 aliphatic rings. The van der Waals surface area contributed by atoms with Crippen LogP contribution in [0.1, 0.15) is 12.6 Å². The number of aromatic hydroxyl groups is 1. The highest BCUT2D eigenvalue weighted by Gasteiger charge is 2.09. The summed E-state index contributed by atoms with van der Waals surface area (Å²) >= 11 is 0. The average Bonchev–Trinajstić information content (AvgIpc) is 2.98. The maximum atomic E-state index is 12.1. The number of nitrogens with zero attached hydrogens (tertiary/aromatic N) is 3. The number of anilines is 1. The Kier molecular flexibility index (Phi) is 6.45. The molecule has 1 amide bonds. The van der Waals surface area contributed by atoms with E-state index in [1.807, 2.05) is 38.2 Å². The molecular formula is C18H25N5O2. The Morgan fingerprint density at radius 2 is 2.00 bits per heavy atom. The molecule has 2 aromatic rings. The van der Waals surface area contributed by atoms with Crippen LogP contribution in [0.5, 0.6) is 5.75 Å². The monoisotopic (exact) mass is 343 g/mol. The largest absolute Gasteiger partial charge is 0.508 e. The smallest absolute Gasteiger partial charge is 0.246 e. The van der Waals surface area contributed by atoms with E-state index in [0.717, 1.165) is 12.2 Å². The molecule has 0 atom stereocenters. The molecule has 3 N–H and O–H groups in total. The van der Waals surface area contributed by atoms with Crippen LogP contribution >= 0.6 is 0 Å². The molecule has 0 spiro atoms. The van der Waals surface area contributed by atoms with Gasteiger partial charge in [0.1, 0.15) is 12.3 Å². The summed E-state index contributed by atoms with van der Waals surface area (Å²) in [6.07, 6.45) is 2.00. The van der Waals surface area contributed by atoms with E-state index in [1.165, 1.54) is 12.1 Å². The molecule has 0 saturated heterocycles. The van der Waals surface area contributed by atoms with E-state index in [2.05, 4.69) is 26.3 Å². The number of phenols is 1. The molecule has 0 unspecified atom stereocenters. The zero-order valence-corrected chi connectivity index (χ0v) is 14.9. The van der Waals surface area contributed by atoms with Gasteiger partial charge in [0.25, 0.3) is 0 Å². The molecular weight excluding hydrogens is 318 g/mol. The van der Waals surface area contributed by atoms with Gasteiger partial charge < -0.3 is 25.2 Å². The Hall–Kier alpha value is -2.96. The number of phenolic OH excluding ortho intramolecular Hbond substituents is 1. The molecule has 7 nitrogen and oxygen atoms in total. The Balaban J connectivity index is 1.96. The Bertz CT molecular complexity index is 721. The molecule has 7 heteroatoms. The molecule has 0 radical (unpaired) electrons. The third kappa shape index (κ3) is 5.56. The van der Waals surface area contributed by atoms with Crippen LogP contribution in [0.4, 0.5) is 5.69 Å². The number of aryl methyl sites for hydroxylation is 1. The van der Waals surface area contributed by atoms with Crippen molar-refractivity contribution in [3.63, 3.8) is 0 Å². The van der Waals surface area contributed by atoms with Gasteiger partial charge in [-0.3, -0.25) is 4.79 Å². The maximum absolute atomic E-state index is 12.1. The van der Waals surface area contributed by atoms with Gasteiger partial charge >= 0.3 is 0 Å². The summed E-state index contributed by atoms with van der Waals surface area (Å²) in [5, 5.41) is 15.2. The van der Waals surface area contributed by atoms with Crippen LogP contribution in [0.2, 0.25) is 0 Å². The van der Waals surface area contributed by atoms with Gasteiger partial charge in [-0.25, -0.2) is 4.99 Å². The highest BCUT2D eigenvalue weighted by atomic mass is 16.3. The minimum Gasteiger partial charge on any atom is -0.508 e. The lowest BCUT2D eigenvalue weighted by atomic mass is 10.3. The fourth-order valence-corrected chi connectivity index (χ4v) is 2.34. The second-order valence-corrected chi connectivity index (χ2v) is 5.73. The number of hydrogen-bond donors (Lipinski definition) is 3. The first-order chi connectivity index (χ1) is 12.0. The number of guanidine groups is 1. The van der Waals surface area contributed by atoms with Crippen LogP contribution in [0.25, 0.3) is 0 Å². The first-order valence-electron chi connectivity index (χ1n) is 8.18. The normalized spacial score (nSPS) is 11.2. The summed E-state index contributed by atoms with van der Waals surface area (Å²) in [6.45, 7) is 3.41. The highest BCUT2D eigenvalue weighted by molar-refractivity contribution is 5.94. The molecule has 1 aromatic carbocycles. The van der Waals surface area contributed by atoms with Crippen LogP contribution in [-0.2, 0) is 18.4 Å². The average molecular weight is 343 g/mol. The zero-order valence-electron chi connectivity index (χ0n) is 14.9. The van der Waals surface area contributed by atoms with Crippen molar-refractivity contribution < 1.29 is 9.90 Å². The molecule has 2 rings (SSSR count). The first-order valence-corrected chi connectivity index (χ1v) is 8.18. The van der Waals surface area contributed by atoms with Crippen molar-refractivity contribution in [2.45, 2.75) is 13.5 Å². The van der Waals surface area contributed by atoms with Gasteiger partial charge in [-0.05, 0) is 43.3 Å². The van der Waals surface area contributed by atoms with Crippen molar-refractivity contribution >= 4 is 17.6 Å². The molecule has 0 aliphatic heterocycles. The number of amides is 1. The van der Waals surface area contributed by atoms with E-state index in [-0.39, 0.29) is 18.2 Å².